The number of esters is 1. The van der Waals surface area contributed by atoms with Gasteiger partial charge in [0.2, 0.25) is 15.9 Å². The third-order valence-corrected chi connectivity index (χ3v) is 5.69. The Labute approximate surface area is 181 Å². The SMILES string of the molecule is COC(=O)c1cccc(NC(=O)CN(c2cc(C(F)(F)F)ccc2Cl)S(C)(=O)=O)c1C. The minimum Gasteiger partial charge on any atom is -0.465 e. The smallest absolute Gasteiger partial charge is 0.416 e. The molecule has 0 aliphatic rings. The summed E-state index contributed by atoms with van der Waals surface area (Å²) >= 11 is 5.93. The molecule has 0 fully saturated rings. The highest BCUT2D eigenvalue weighted by atomic mass is 35.5. The van der Waals surface area contributed by atoms with E-state index in [1.54, 1.807) is 6.92 Å². The second-order valence-corrected chi connectivity index (χ2v) is 8.77. The molecule has 0 aliphatic carbocycles. The Morgan fingerprint density at radius 1 is 1.19 bits per heavy atom. The Morgan fingerprint density at radius 2 is 1.84 bits per heavy atom. The van der Waals surface area contributed by atoms with Crippen molar-refractivity contribution in [3.8, 4) is 0 Å². The van der Waals surface area contributed by atoms with Crippen LogP contribution in [0.1, 0.15) is 21.5 Å². The molecule has 2 aromatic carbocycles. The van der Waals surface area contributed by atoms with Crippen LogP contribution in [0, 0.1) is 6.92 Å². The molecular weight excluding hydrogens is 461 g/mol. The van der Waals surface area contributed by atoms with Crippen LogP contribution in [0.25, 0.3) is 0 Å². The molecule has 2 rings (SSSR count). The van der Waals surface area contributed by atoms with E-state index in [0.717, 1.165) is 12.3 Å². The first-order valence-electron chi connectivity index (χ1n) is 8.58. The number of alkyl halides is 3. The lowest BCUT2D eigenvalue weighted by molar-refractivity contribution is -0.137. The Bertz CT molecular complexity index is 1120. The number of methoxy groups -OCH3 is 1. The van der Waals surface area contributed by atoms with Crippen LogP contribution < -0.4 is 9.62 Å². The predicted octanol–water partition coefficient (Wildman–Crippen LogP) is 3.86. The van der Waals surface area contributed by atoms with Crippen LogP contribution in [0.5, 0.6) is 0 Å². The Balaban J connectivity index is 2.38. The number of nitrogens with one attached hydrogen (secondary N) is 1. The molecule has 168 valence electrons. The minimum atomic E-state index is -4.74. The summed E-state index contributed by atoms with van der Waals surface area (Å²) in [7, 11) is -2.99. The van der Waals surface area contributed by atoms with Gasteiger partial charge in [0.25, 0.3) is 0 Å². The number of anilines is 2. The summed E-state index contributed by atoms with van der Waals surface area (Å²) in [5.41, 5.74) is -0.861. The van der Waals surface area contributed by atoms with E-state index in [9.17, 15) is 31.2 Å². The number of nitrogens with zero attached hydrogens (tertiary/aromatic N) is 1. The normalized spacial score (nSPS) is 11.7. The van der Waals surface area contributed by atoms with Crippen LogP contribution in [0.3, 0.4) is 0 Å². The molecule has 0 spiro atoms. The first-order chi connectivity index (χ1) is 14.3. The number of hydrogen-bond acceptors (Lipinski definition) is 5. The third-order valence-electron chi connectivity index (χ3n) is 4.24. The molecule has 0 heterocycles. The molecule has 12 heteroatoms. The van der Waals surface area contributed by atoms with E-state index >= 15 is 0 Å². The van der Waals surface area contributed by atoms with Crippen molar-refractivity contribution in [1.29, 1.82) is 0 Å². The van der Waals surface area contributed by atoms with Gasteiger partial charge in [-0.1, -0.05) is 17.7 Å². The van der Waals surface area contributed by atoms with Gasteiger partial charge in [-0.3, -0.25) is 9.10 Å². The first-order valence-corrected chi connectivity index (χ1v) is 10.8. The fraction of sp³-hybridized carbons (Fsp3) is 0.263. The first kappa shape index (κ1) is 24.5. The van der Waals surface area contributed by atoms with E-state index in [1.807, 2.05) is 0 Å². The number of hydrogen-bond donors (Lipinski definition) is 1. The monoisotopic (exact) mass is 478 g/mol. The zero-order valence-corrected chi connectivity index (χ0v) is 18.2. The molecule has 0 aliphatic heterocycles. The van der Waals surface area contributed by atoms with E-state index in [4.69, 9.17) is 11.6 Å². The fourth-order valence-corrected chi connectivity index (χ4v) is 3.81. The number of carbonyl (C=O) groups is 2. The Morgan fingerprint density at radius 3 is 2.39 bits per heavy atom. The van der Waals surface area contributed by atoms with Gasteiger partial charge >= 0.3 is 12.1 Å². The third kappa shape index (κ3) is 5.88. The van der Waals surface area contributed by atoms with E-state index in [2.05, 4.69) is 10.1 Å². The molecule has 0 radical (unpaired) electrons. The molecule has 0 saturated carbocycles. The topological polar surface area (TPSA) is 92.8 Å². The molecule has 0 atom stereocenters. The highest BCUT2D eigenvalue weighted by Gasteiger charge is 2.33. The van der Waals surface area contributed by atoms with Crippen molar-refractivity contribution in [3.63, 3.8) is 0 Å². The Kier molecular flexibility index (Phi) is 7.22. The molecule has 0 saturated heterocycles. The number of carbonyl (C=O) groups excluding carboxylic acids is 2. The summed E-state index contributed by atoms with van der Waals surface area (Å²) in [4.78, 5) is 24.3. The number of rotatable bonds is 6. The summed E-state index contributed by atoms with van der Waals surface area (Å²) in [5, 5.41) is 2.17. The van der Waals surface area contributed by atoms with Crippen molar-refractivity contribution in [1.82, 2.24) is 0 Å². The minimum absolute atomic E-state index is 0.182. The zero-order chi connectivity index (χ0) is 23.6. The van der Waals surface area contributed by atoms with Crippen LogP contribution in [0.15, 0.2) is 36.4 Å². The van der Waals surface area contributed by atoms with Gasteiger partial charge in [-0.15, -0.1) is 0 Å². The highest BCUT2D eigenvalue weighted by Crippen LogP contribution is 2.36. The molecule has 7 nitrogen and oxygen atoms in total. The van der Waals surface area contributed by atoms with Gasteiger partial charge < -0.3 is 10.1 Å². The Hall–Kier alpha value is -2.79. The van der Waals surface area contributed by atoms with Gasteiger partial charge in [0.15, 0.2) is 0 Å². The predicted molar refractivity (Wildman–Crippen MR) is 110 cm³/mol. The number of amides is 1. The summed E-state index contributed by atoms with van der Waals surface area (Å²) in [6, 6.07) is 6.59. The van der Waals surface area contributed by atoms with Crippen LogP contribution in [-0.4, -0.2) is 40.2 Å². The maximum absolute atomic E-state index is 13.1. The lowest BCUT2D eigenvalue weighted by Crippen LogP contribution is -2.38. The number of benzene rings is 2. The summed E-state index contributed by atoms with van der Waals surface area (Å²) in [5.74, 6) is -1.49. The molecule has 1 N–H and O–H groups in total. The highest BCUT2D eigenvalue weighted by molar-refractivity contribution is 7.92. The van der Waals surface area contributed by atoms with Crippen molar-refractivity contribution in [2.45, 2.75) is 13.1 Å². The zero-order valence-electron chi connectivity index (χ0n) is 16.6. The standard InChI is InChI=1S/C19H18ClF3N2O5S/c1-11-13(18(27)30-2)5-4-6-15(11)24-17(26)10-25(31(3,28)29)16-9-12(19(21,22)23)7-8-14(16)20/h4-9H,10H2,1-3H3,(H,24,26). The summed E-state index contributed by atoms with van der Waals surface area (Å²) < 4.78 is 68.8. The van der Waals surface area contributed by atoms with Gasteiger partial charge in [-0.2, -0.15) is 13.2 Å². The van der Waals surface area contributed by atoms with Crippen LogP contribution in [-0.2, 0) is 25.7 Å². The molecule has 2 aromatic rings. The fourth-order valence-electron chi connectivity index (χ4n) is 2.68. The number of halogens is 4. The average molecular weight is 479 g/mol. The molecular formula is C19H18ClF3N2O5S. The van der Waals surface area contributed by atoms with Crippen molar-refractivity contribution >= 4 is 44.9 Å². The average Bonchev–Trinajstić information content (AvgIpc) is 2.66. The van der Waals surface area contributed by atoms with Crippen molar-refractivity contribution in [2.75, 3.05) is 29.5 Å². The maximum atomic E-state index is 13.1. The second kappa shape index (κ2) is 9.15. The lowest BCUT2D eigenvalue weighted by Gasteiger charge is -2.24. The van der Waals surface area contributed by atoms with Crippen molar-refractivity contribution in [3.05, 3.63) is 58.1 Å². The number of ether oxygens (including phenoxy) is 1. The van der Waals surface area contributed by atoms with Gasteiger partial charge in [-0.25, -0.2) is 13.2 Å². The van der Waals surface area contributed by atoms with Crippen LogP contribution >= 0.6 is 11.6 Å². The maximum Gasteiger partial charge on any atom is 0.416 e. The van der Waals surface area contributed by atoms with E-state index in [0.29, 0.717) is 22.0 Å². The lowest BCUT2D eigenvalue weighted by atomic mass is 10.1. The summed E-state index contributed by atoms with van der Waals surface area (Å²) in [6.07, 6.45) is -4.00. The van der Waals surface area contributed by atoms with Crippen molar-refractivity contribution < 1.29 is 35.9 Å². The molecule has 0 bridgehead atoms. The van der Waals surface area contributed by atoms with Crippen LogP contribution in [0.4, 0.5) is 24.5 Å². The van der Waals surface area contributed by atoms with Gasteiger partial charge in [0.1, 0.15) is 6.54 Å². The van der Waals surface area contributed by atoms with E-state index in [-0.39, 0.29) is 16.3 Å². The van der Waals surface area contributed by atoms with Gasteiger partial charge in [0.05, 0.1) is 35.2 Å². The van der Waals surface area contributed by atoms with Gasteiger partial charge in [0, 0.05) is 5.69 Å². The quantitative estimate of drug-likeness (QED) is 0.636. The largest absolute Gasteiger partial charge is 0.465 e. The van der Waals surface area contributed by atoms with Crippen LogP contribution in [0.2, 0.25) is 5.02 Å². The van der Waals surface area contributed by atoms with Crippen molar-refractivity contribution in [2.24, 2.45) is 0 Å². The molecule has 1 amide bonds. The molecule has 31 heavy (non-hydrogen) atoms. The number of sulfonamides is 1. The van der Waals surface area contributed by atoms with Gasteiger partial charge in [-0.05, 0) is 42.8 Å². The second-order valence-electron chi connectivity index (χ2n) is 6.45. The molecule has 0 aromatic heterocycles. The summed E-state index contributed by atoms with van der Waals surface area (Å²) in [6.45, 7) is 0.696. The molecule has 0 unspecified atom stereocenters. The van der Waals surface area contributed by atoms with E-state index in [1.165, 1.54) is 25.3 Å². The van der Waals surface area contributed by atoms with E-state index < -0.39 is 45.9 Å².